The van der Waals surface area contributed by atoms with Gasteiger partial charge in [-0.25, -0.2) is 4.98 Å². The summed E-state index contributed by atoms with van der Waals surface area (Å²) < 4.78 is 0.968. The first kappa shape index (κ1) is 8.67. The van der Waals surface area contributed by atoms with Crippen LogP contribution in [0.4, 0.5) is 0 Å². The van der Waals surface area contributed by atoms with Gasteiger partial charge in [-0.15, -0.1) is 0 Å². The maximum Gasteiger partial charge on any atom is 0.137 e. The zero-order chi connectivity index (χ0) is 10.3. The average Bonchev–Trinajstić information content (AvgIpc) is 2.83. The number of fused-ring (bicyclic) bond motifs is 1. The molecule has 3 rings (SSSR count). The number of nitrogens with zero attached hydrogens (tertiary/aromatic N) is 2. The standard InChI is InChI=1S/C10H7BrN4/c11-6-3-7-8(9-1-2-14-15-9)5-13-10(7)12-4-6/h1-5H,(H,12,13)(H,14,15). The molecular formula is C10H7BrN4. The number of rotatable bonds is 1. The first-order valence-corrected chi connectivity index (χ1v) is 5.26. The van der Waals surface area contributed by atoms with E-state index in [0.29, 0.717) is 0 Å². The largest absolute Gasteiger partial charge is 0.345 e. The molecule has 0 aliphatic heterocycles. The first-order valence-electron chi connectivity index (χ1n) is 4.47. The fourth-order valence-electron chi connectivity index (χ4n) is 1.61. The molecule has 0 amide bonds. The molecule has 0 spiro atoms. The molecule has 0 saturated carbocycles. The highest BCUT2D eigenvalue weighted by atomic mass is 79.9. The first-order chi connectivity index (χ1) is 7.34. The Kier molecular flexibility index (Phi) is 1.85. The summed E-state index contributed by atoms with van der Waals surface area (Å²) in [5.74, 6) is 0. The van der Waals surface area contributed by atoms with E-state index in [4.69, 9.17) is 0 Å². The lowest BCUT2D eigenvalue weighted by Gasteiger charge is -1.94. The number of hydrogen-bond acceptors (Lipinski definition) is 2. The summed E-state index contributed by atoms with van der Waals surface area (Å²) in [5, 5.41) is 7.95. The molecule has 0 atom stereocenters. The van der Waals surface area contributed by atoms with Gasteiger partial charge in [0, 0.05) is 34.0 Å². The van der Waals surface area contributed by atoms with Crippen molar-refractivity contribution < 1.29 is 0 Å². The Bertz CT molecular complexity index is 597. The summed E-state index contributed by atoms with van der Waals surface area (Å²) in [7, 11) is 0. The van der Waals surface area contributed by atoms with E-state index >= 15 is 0 Å². The molecule has 0 bridgehead atoms. The number of nitrogens with one attached hydrogen (secondary N) is 2. The molecule has 3 heterocycles. The van der Waals surface area contributed by atoms with Crippen LogP contribution in [0.5, 0.6) is 0 Å². The third-order valence-corrected chi connectivity index (χ3v) is 2.72. The van der Waals surface area contributed by atoms with Crippen LogP contribution >= 0.6 is 15.9 Å². The SMILES string of the molecule is Brc1cnc2[nH]cc(-c3ccn[nH]3)c2c1. The molecule has 3 aromatic rings. The van der Waals surface area contributed by atoms with Gasteiger partial charge in [0.25, 0.3) is 0 Å². The molecule has 74 valence electrons. The number of halogens is 1. The van der Waals surface area contributed by atoms with Crippen molar-refractivity contribution in [2.24, 2.45) is 0 Å². The van der Waals surface area contributed by atoms with Gasteiger partial charge in [0.05, 0.1) is 5.69 Å². The molecule has 0 aliphatic carbocycles. The van der Waals surface area contributed by atoms with Crippen LogP contribution in [-0.4, -0.2) is 20.2 Å². The van der Waals surface area contributed by atoms with E-state index in [1.165, 1.54) is 0 Å². The smallest absolute Gasteiger partial charge is 0.137 e. The van der Waals surface area contributed by atoms with Gasteiger partial charge >= 0.3 is 0 Å². The number of pyridine rings is 1. The van der Waals surface area contributed by atoms with E-state index < -0.39 is 0 Å². The van der Waals surface area contributed by atoms with Crippen molar-refractivity contribution >= 4 is 27.0 Å². The highest BCUT2D eigenvalue weighted by molar-refractivity contribution is 9.10. The summed E-state index contributed by atoms with van der Waals surface area (Å²) in [6.45, 7) is 0. The lowest BCUT2D eigenvalue weighted by atomic mass is 10.2. The Morgan fingerprint density at radius 2 is 2.27 bits per heavy atom. The molecule has 3 aromatic heterocycles. The minimum Gasteiger partial charge on any atom is -0.345 e. The second-order valence-electron chi connectivity index (χ2n) is 3.22. The molecule has 0 fully saturated rings. The molecule has 2 N–H and O–H groups in total. The van der Waals surface area contributed by atoms with Crippen LogP contribution in [0.25, 0.3) is 22.3 Å². The molecule has 0 radical (unpaired) electrons. The highest BCUT2D eigenvalue weighted by Gasteiger charge is 2.07. The molecule has 0 saturated heterocycles. The topological polar surface area (TPSA) is 57.4 Å². The van der Waals surface area contributed by atoms with Gasteiger partial charge in [0.1, 0.15) is 5.65 Å². The molecule has 0 aromatic carbocycles. The molecule has 0 unspecified atom stereocenters. The Balaban J connectivity index is 2.32. The van der Waals surface area contributed by atoms with Crippen molar-refractivity contribution in [3.05, 3.63) is 35.2 Å². The molecular weight excluding hydrogens is 256 g/mol. The van der Waals surface area contributed by atoms with Gasteiger partial charge in [-0.1, -0.05) is 0 Å². The summed E-state index contributed by atoms with van der Waals surface area (Å²) in [4.78, 5) is 7.40. The van der Waals surface area contributed by atoms with Gasteiger partial charge in [-0.2, -0.15) is 5.10 Å². The second-order valence-corrected chi connectivity index (χ2v) is 4.14. The Labute approximate surface area is 93.9 Å². The maximum absolute atomic E-state index is 4.27. The van der Waals surface area contributed by atoms with Gasteiger partial charge in [-0.05, 0) is 28.1 Å². The van der Waals surface area contributed by atoms with Crippen molar-refractivity contribution in [1.82, 2.24) is 20.2 Å². The Morgan fingerprint density at radius 1 is 1.33 bits per heavy atom. The fraction of sp³-hybridized carbons (Fsp3) is 0. The molecule has 15 heavy (non-hydrogen) atoms. The summed E-state index contributed by atoms with van der Waals surface area (Å²) in [6, 6.07) is 3.97. The maximum atomic E-state index is 4.27. The van der Waals surface area contributed by atoms with Crippen LogP contribution in [0.15, 0.2) is 35.2 Å². The quantitative estimate of drug-likeness (QED) is 0.709. The highest BCUT2D eigenvalue weighted by Crippen LogP contribution is 2.27. The van der Waals surface area contributed by atoms with Crippen LogP contribution in [0.3, 0.4) is 0 Å². The minimum atomic E-state index is 0.878. The second kappa shape index (κ2) is 3.20. The molecule has 5 heteroatoms. The van der Waals surface area contributed by atoms with Crippen LogP contribution in [0.2, 0.25) is 0 Å². The summed E-state index contributed by atoms with van der Waals surface area (Å²) in [6.07, 6.45) is 5.44. The van der Waals surface area contributed by atoms with E-state index in [9.17, 15) is 0 Å². The van der Waals surface area contributed by atoms with Crippen LogP contribution < -0.4 is 0 Å². The lowest BCUT2D eigenvalue weighted by Crippen LogP contribution is -1.78. The lowest BCUT2D eigenvalue weighted by molar-refractivity contribution is 1.10. The van der Waals surface area contributed by atoms with E-state index in [1.807, 2.05) is 18.3 Å². The summed E-state index contributed by atoms with van der Waals surface area (Å²) in [5.41, 5.74) is 2.94. The Hall–Kier alpha value is -1.62. The zero-order valence-corrected chi connectivity index (χ0v) is 9.25. The number of aromatic amines is 2. The van der Waals surface area contributed by atoms with E-state index in [0.717, 1.165) is 26.8 Å². The average molecular weight is 263 g/mol. The Morgan fingerprint density at radius 3 is 3.07 bits per heavy atom. The van der Waals surface area contributed by atoms with E-state index in [2.05, 4.69) is 36.1 Å². The van der Waals surface area contributed by atoms with Gasteiger partial charge in [0.15, 0.2) is 0 Å². The monoisotopic (exact) mass is 262 g/mol. The number of aromatic nitrogens is 4. The van der Waals surface area contributed by atoms with Crippen LogP contribution in [0.1, 0.15) is 0 Å². The number of hydrogen-bond donors (Lipinski definition) is 2. The van der Waals surface area contributed by atoms with Gasteiger partial charge in [-0.3, -0.25) is 5.10 Å². The van der Waals surface area contributed by atoms with Crippen LogP contribution in [0, 0.1) is 0 Å². The van der Waals surface area contributed by atoms with E-state index in [-0.39, 0.29) is 0 Å². The van der Waals surface area contributed by atoms with Gasteiger partial charge < -0.3 is 4.98 Å². The third kappa shape index (κ3) is 1.35. The van der Waals surface area contributed by atoms with Crippen molar-refractivity contribution in [1.29, 1.82) is 0 Å². The van der Waals surface area contributed by atoms with Gasteiger partial charge in [0.2, 0.25) is 0 Å². The third-order valence-electron chi connectivity index (χ3n) is 2.29. The van der Waals surface area contributed by atoms with Crippen molar-refractivity contribution in [2.45, 2.75) is 0 Å². The fourth-order valence-corrected chi connectivity index (χ4v) is 1.94. The normalized spacial score (nSPS) is 11.0. The predicted molar refractivity (Wildman–Crippen MR) is 61.4 cm³/mol. The minimum absolute atomic E-state index is 0.878. The summed E-state index contributed by atoms with van der Waals surface area (Å²) >= 11 is 3.41. The molecule has 4 nitrogen and oxygen atoms in total. The van der Waals surface area contributed by atoms with Crippen molar-refractivity contribution in [2.75, 3.05) is 0 Å². The van der Waals surface area contributed by atoms with Crippen molar-refractivity contribution in [3.8, 4) is 11.3 Å². The zero-order valence-electron chi connectivity index (χ0n) is 7.66. The molecule has 0 aliphatic rings. The van der Waals surface area contributed by atoms with E-state index in [1.54, 1.807) is 12.4 Å². The van der Waals surface area contributed by atoms with Crippen molar-refractivity contribution in [3.63, 3.8) is 0 Å². The predicted octanol–water partition coefficient (Wildman–Crippen LogP) is 2.72. The van der Waals surface area contributed by atoms with Crippen LogP contribution in [-0.2, 0) is 0 Å². The number of H-pyrrole nitrogens is 2.